The van der Waals surface area contributed by atoms with Crippen molar-refractivity contribution in [3.05, 3.63) is 58.4 Å². The number of anilines is 2. The molecule has 2 aromatic carbocycles. The van der Waals surface area contributed by atoms with Gasteiger partial charge in [0, 0.05) is 22.5 Å². The second-order valence-electron chi connectivity index (χ2n) is 4.72. The topological polar surface area (TPSA) is 78.9 Å². The first-order valence-electron chi connectivity index (χ1n) is 6.30. The maximum atomic E-state index is 13.7. The normalized spacial score (nSPS) is 10.0. The standard InChI is InChI=1S/C16H14FN3O/c1-9-12(4-3-5-14(9)19)16(21)20-15-7-11(8-18)6-13(17)10(15)2/h3-7H,19H2,1-2H3,(H,20,21). The lowest BCUT2D eigenvalue weighted by Gasteiger charge is -2.12. The van der Waals surface area contributed by atoms with E-state index in [9.17, 15) is 9.18 Å². The second kappa shape index (κ2) is 5.63. The highest BCUT2D eigenvalue weighted by Gasteiger charge is 2.14. The number of nitriles is 1. The molecular formula is C16H14FN3O. The van der Waals surface area contributed by atoms with Gasteiger partial charge in [-0.2, -0.15) is 5.26 Å². The molecule has 1 amide bonds. The Bertz CT molecular complexity index is 763. The third-order valence-corrected chi connectivity index (χ3v) is 3.34. The van der Waals surface area contributed by atoms with Crippen LogP contribution in [0.1, 0.15) is 27.0 Å². The molecule has 0 unspecified atom stereocenters. The predicted octanol–water partition coefficient (Wildman–Crippen LogP) is 3.15. The monoisotopic (exact) mass is 283 g/mol. The third kappa shape index (κ3) is 2.84. The molecular weight excluding hydrogens is 269 g/mol. The number of hydrogen-bond acceptors (Lipinski definition) is 3. The molecule has 0 heterocycles. The summed E-state index contributed by atoms with van der Waals surface area (Å²) >= 11 is 0. The molecule has 4 nitrogen and oxygen atoms in total. The van der Waals surface area contributed by atoms with Crippen molar-refractivity contribution in [2.45, 2.75) is 13.8 Å². The molecule has 0 saturated carbocycles. The van der Waals surface area contributed by atoms with E-state index in [0.717, 1.165) is 6.07 Å². The molecule has 0 aromatic heterocycles. The Morgan fingerprint density at radius 1 is 1.29 bits per heavy atom. The number of halogens is 1. The number of amides is 1. The molecule has 5 heteroatoms. The maximum Gasteiger partial charge on any atom is 0.256 e. The van der Waals surface area contributed by atoms with Gasteiger partial charge in [0.05, 0.1) is 11.6 Å². The molecule has 0 fully saturated rings. The quantitative estimate of drug-likeness (QED) is 0.831. The van der Waals surface area contributed by atoms with E-state index in [2.05, 4.69) is 5.32 Å². The van der Waals surface area contributed by atoms with E-state index in [1.165, 1.54) is 13.0 Å². The molecule has 2 rings (SSSR count). The Hall–Kier alpha value is -2.87. The fourth-order valence-electron chi connectivity index (χ4n) is 1.96. The summed E-state index contributed by atoms with van der Waals surface area (Å²) in [5.74, 6) is -0.925. The molecule has 21 heavy (non-hydrogen) atoms. The second-order valence-corrected chi connectivity index (χ2v) is 4.72. The van der Waals surface area contributed by atoms with E-state index in [-0.39, 0.29) is 16.8 Å². The van der Waals surface area contributed by atoms with Gasteiger partial charge in [0.25, 0.3) is 5.91 Å². The van der Waals surface area contributed by atoms with Crippen LogP contribution in [0.3, 0.4) is 0 Å². The molecule has 3 N–H and O–H groups in total. The van der Waals surface area contributed by atoms with E-state index >= 15 is 0 Å². The molecule has 0 aliphatic heterocycles. The van der Waals surface area contributed by atoms with Gasteiger partial charge in [0.1, 0.15) is 5.82 Å². The lowest BCUT2D eigenvalue weighted by Crippen LogP contribution is -2.15. The number of nitrogens with two attached hydrogens (primary N) is 1. The van der Waals surface area contributed by atoms with Gasteiger partial charge in [0.15, 0.2) is 0 Å². The minimum absolute atomic E-state index is 0.151. The Morgan fingerprint density at radius 2 is 2.00 bits per heavy atom. The van der Waals surface area contributed by atoms with E-state index in [4.69, 9.17) is 11.0 Å². The number of nitrogen functional groups attached to an aromatic ring is 1. The summed E-state index contributed by atoms with van der Waals surface area (Å²) in [6, 6.07) is 9.45. The highest BCUT2D eigenvalue weighted by molar-refractivity contribution is 6.06. The molecule has 0 saturated heterocycles. The summed E-state index contributed by atoms with van der Waals surface area (Å²) in [7, 11) is 0. The van der Waals surface area contributed by atoms with E-state index in [1.807, 2.05) is 6.07 Å². The minimum Gasteiger partial charge on any atom is -0.398 e. The molecule has 0 aliphatic carbocycles. The highest BCUT2D eigenvalue weighted by Crippen LogP contribution is 2.22. The van der Waals surface area contributed by atoms with Crippen LogP contribution in [-0.4, -0.2) is 5.91 Å². The van der Waals surface area contributed by atoms with Crippen LogP contribution in [0, 0.1) is 31.0 Å². The van der Waals surface area contributed by atoms with Crippen molar-refractivity contribution in [1.29, 1.82) is 5.26 Å². The summed E-state index contributed by atoms with van der Waals surface area (Å²) in [5, 5.41) is 11.5. The summed E-state index contributed by atoms with van der Waals surface area (Å²) in [6.45, 7) is 3.28. The van der Waals surface area contributed by atoms with Gasteiger partial charge in [-0.1, -0.05) is 6.07 Å². The number of benzene rings is 2. The first-order chi connectivity index (χ1) is 9.93. The Morgan fingerprint density at radius 3 is 2.67 bits per heavy atom. The molecule has 2 aromatic rings. The largest absolute Gasteiger partial charge is 0.398 e. The molecule has 0 radical (unpaired) electrons. The van der Waals surface area contributed by atoms with E-state index in [1.54, 1.807) is 25.1 Å². The summed E-state index contributed by atoms with van der Waals surface area (Å²) < 4.78 is 13.7. The fourth-order valence-corrected chi connectivity index (χ4v) is 1.96. The first-order valence-corrected chi connectivity index (χ1v) is 6.30. The molecule has 0 atom stereocenters. The van der Waals surface area contributed by atoms with Crippen LogP contribution in [0.25, 0.3) is 0 Å². The Kier molecular flexibility index (Phi) is 3.90. The number of nitrogens with zero attached hydrogens (tertiary/aromatic N) is 1. The average molecular weight is 283 g/mol. The van der Waals surface area contributed by atoms with Gasteiger partial charge in [-0.3, -0.25) is 4.79 Å². The van der Waals surface area contributed by atoms with Gasteiger partial charge in [-0.25, -0.2) is 4.39 Å². The lowest BCUT2D eigenvalue weighted by atomic mass is 10.1. The van der Waals surface area contributed by atoms with Crippen LogP contribution in [0.15, 0.2) is 30.3 Å². The van der Waals surface area contributed by atoms with Crippen molar-refractivity contribution in [3.63, 3.8) is 0 Å². The summed E-state index contributed by atoms with van der Waals surface area (Å²) in [4.78, 5) is 12.3. The van der Waals surface area contributed by atoms with Crippen LogP contribution < -0.4 is 11.1 Å². The Labute approximate surface area is 122 Å². The van der Waals surface area contributed by atoms with Crippen LogP contribution in [0.5, 0.6) is 0 Å². The fraction of sp³-hybridized carbons (Fsp3) is 0.125. The van der Waals surface area contributed by atoms with Gasteiger partial charge < -0.3 is 11.1 Å². The number of hydrogen-bond donors (Lipinski definition) is 2. The first kappa shape index (κ1) is 14.5. The van der Waals surface area contributed by atoms with E-state index < -0.39 is 11.7 Å². The number of carbonyl (C=O) groups excluding carboxylic acids is 1. The van der Waals surface area contributed by atoms with Gasteiger partial charge in [-0.15, -0.1) is 0 Å². The molecule has 0 aliphatic rings. The molecule has 0 spiro atoms. The smallest absolute Gasteiger partial charge is 0.256 e. The molecule has 106 valence electrons. The van der Waals surface area contributed by atoms with Gasteiger partial charge in [-0.05, 0) is 43.7 Å². The van der Waals surface area contributed by atoms with Crippen LogP contribution >= 0.6 is 0 Å². The summed E-state index contributed by atoms with van der Waals surface area (Å²) in [6.07, 6.45) is 0. The zero-order valence-corrected chi connectivity index (χ0v) is 11.7. The highest BCUT2D eigenvalue weighted by atomic mass is 19.1. The van der Waals surface area contributed by atoms with Crippen molar-refractivity contribution < 1.29 is 9.18 Å². The number of carbonyl (C=O) groups is 1. The van der Waals surface area contributed by atoms with Crippen LogP contribution in [0.4, 0.5) is 15.8 Å². The zero-order valence-electron chi connectivity index (χ0n) is 11.7. The van der Waals surface area contributed by atoms with Crippen molar-refractivity contribution in [1.82, 2.24) is 0 Å². The predicted molar refractivity (Wildman–Crippen MR) is 79.4 cm³/mol. The Balaban J connectivity index is 2.39. The SMILES string of the molecule is Cc1c(F)cc(C#N)cc1NC(=O)c1cccc(N)c1C. The zero-order chi connectivity index (χ0) is 15.6. The van der Waals surface area contributed by atoms with E-state index in [0.29, 0.717) is 16.8 Å². The number of nitrogens with one attached hydrogen (secondary N) is 1. The molecule has 0 bridgehead atoms. The minimum atomic E-state index is -0.534. The maximum absolute atomic E-state index is 13.7. The van der Waals surface area contributed by atoms with Crippen molar-refractivity contribution in [2.75, 3.05) is 11.1 Å². The third-order valence-electron chi connectivity index (χ3n) is 3.34. The van der Waals surface area contributed by atoms with Crippen LogP contribution in [0.2, 0.25) is 0 Å². The van der Waals surface area contributed by atoms with Crippen molar-refractivity contribution >= 4 is 17.3 Å². The average Bonchev–Trinajstić information content (AvgIpc) is 2.46. The van der Waals surface area contributed by atoms with Crippen molar-refractivity contribution in [2.24, 2.45) is 0 Å². The van der Waals surface area contributed by atoms with Gasteiger partial charge in [0.2, 0.25) is 0 Å². The van der Waals surface area contributed by atoms with Crippen LogP contribution in [-0.2, 0) is 0 Å². The van der Waals surface area contributed by atoms with Crippen molar-refractivity contribution in [3.8, 4) is 6.07 Å². The van der Waals surface area contributed by atoms with Gasteiger partial charge >= 0.3 is 0 Å². The summed E-state index contributed by atoms with van der Waals surface area (Å²) in [5.41, 5.74) is 8.06. The number of rotatable bonds is 2. The lowest BCUT2D eigenvalue weighted by molar-refractivity contribution is 0.102.